The SMILES string of the molecule is C=CC(=O)Oc1cccc(OCC2CO2)c1. The van der Waals surface area contributed by atoms with Crippen molar-refractivity contribution in [1.29, 1.82) is 0 Å². The Bertz CT molecular complexity index is 396. The van der Waals surface area contributed by atoms with E-state index in [1.165, 1.54) is 0 Å². The molecule has 1 saturated heterocycles. The highest BCUT2D eigenvalue weighted by molar-refractivity contribution is 5.83. The van der Waals surface area contributed by atoms with Crippen LogP contribution in [0.2, 0.25) is 0 Å². The average Bonchev–Trinajstić information content (AvgIpc) is 3.10. The summed E-state index contributed by atoms with van der Waals surface area (Å²) in [5, 5.41) is 0. The highest BCUT2D eigenvalue weighted by Gasteiger charge is 2.23. The molecule has 4 nitrogen and oxygen atoms in total. The van der Waals surface area contributed by atoms with Crippen LogP contribution in [-0.2, 0) is 9.53 Å². The Labute approximate surface area is 93.4 Å². The van der Waals surface area contributed by atoms with Gasteiger partial charge in [-0.3, -0.25) is 0 Å². The molecular weight excluding hydrogens is 208 g/mol. The van der Waals surface area contributed by atoms with Crippen molar-refractivity contribution >= 4 is 5.97 Å². The molecular formula is C12H12O4. The molecule has 1 fully saturated rings. The van der Waals surface area contributed by atoms with Gasteiger partial charge in [0, 0.05) is 12.1 Å². The molecule has 1 atom stereocenters. The zero-order valence-corrected chi connectivity index (χ0v) is 8.72. The Morgan fingerprint density at radius 2 is 2.31 bits per heavy atom. The van der Waals surface area contributed by atoms with Crippen molar-refractivity contribution in [1.82, 2.24) is 0 Å². The van der Waals surface area contributed by atoms with Crippen LogP contribution in [0.5, 0.6) is 11.5 Å². The molecule has 0 N–H and O–H groups in total. The number of hydrogen-bond acceptors (Lipinski definition) is 4. The van der Waals surface area contributed by atoms with Crippen molar-refractivity contribution in [2.75, 3.05) is 13.2 Å². The molecule has 0 radical (unpaired) electrons. The molecule has 2 rings (SSSR count). The standard InChI is InChI=1S/C12H12O4/c1-2-12(13)16-10-5-3-4-9(6-10)14-7-11-8-15-11/h2-6,11H,1,7-8H2. The van der Waals surface area contributed by atoms with Gasteiger partial charge in [-0.05, 0) is 12.1 Å². The summed E-state index contributed by atoms with van der Waals surface area (Å²) < 4.78 is 15.4. The van der Waals surface area contributed by atoms with Gasteiger partial charge in [-0.25, -0.2) is 4.79 Å². The van der Waals surface area contributed by atoms with Gasteiger partial charge >= 0.3 is 5.97 Å². The summed E-state index contributed by atoms with van der Waals surface area (Å²) in [4.78, 5) is 11.0. The lowest BCUT2D eigenvalue weighted by molar-refractivity contribution is -0.128. The molecule has 0 aromatic heterocycles. The number of benzene rings is 1. The lowest BCUT2D eigenvalue weighted by Crippen LogP contribution is -2.05. The number of ether oxygens (including phenoxy) is 3. The third kappa shape index (κ3) is 3.10. The topological polar surface area (TPSA) is 48.1 Å². The second-order valence-electron chi connectivity index (χ2n) is 3.37. The molecule has 1 heterocycles. The van der Waals surface area contributed by atoms with Crippen LogP contribution in [0, 0.1) is 0 Å². The normalized spacial score (nSPS) is 17.6. The summed E-state index contributed by atoms with van der Waals surface area (Å²) in [5.74, 6) is 0.617. The molecule has 0 spiro atoms. The molecule has 1 aromatic carbocycles. The van der Waals surface area contributed by atoms with Crippen LogP contribution < -0.4 is 9.47 Å². The van der Waals surface area contributed by atoms with Gasteiger partial charge in [0.15, 0.2) is 0 Å². The fourth-order valence-electron chi connectivity index (χ4n) is 1.14. The Balaban J connectivity index is 1.94. The molecule has 0 aliphatic carbocycles. The van der Waals surface area contributed by atoms with Crippen molar-refractivity contribution < 1.29 is 19.0 Å². The van der Waals surface area contributed by atoms with Crippen molar-refractivity contribution in [3.8, 4) is 11.5 Å². The highest BCUT2D eigenvalue weighted by atomic mass is 16.6. The van der Waals surface area contributed by atoms with Crippen molar-refractivity contribution in [2.24, 2.45) is 0 Å². The van der Waals surface area contributed by atoms with Gasteiger partial charge in [0.1, 0.15) is 24.2 Å². The number of carbonyl (C=O) groups is 1. The minimum Gasteiger partial charge on any atom is -0.491 e. The summed E-state index contributed by atoms with van der Waals surface area (Å²) in [5.41, 5.74) is 0. The first-order valence-electron chi connectivity index (χ1n) is 4.96. The fourth-order valence-corrected chi connectivity index (χ4v) is 1.14. The van der Waals surface area contributed by atoms with E-state index in [4.69, 9.17) is 14.2 Å². The molecule has 4 heteroatoms. The van der Waals surface area contributed by atoms with Crippen molar-refractivity contribution in [2.45, 2.75) is 6.10 Å². The van der Waals surface area contributed by atoms with Gasteiger partial charge in [-0.15, -0.1) is 0 Å². The number of epoxide rings is 1. The Morgan fingerprint density at radius 1 is 1.56 bits per heavy atom. The largest absolute Gasteiger partial charge is 0.491 e. The smallest absolute Gasteiger partial charge is 0.335 e. The number of rotatable bonds is 5. The van der Waals surface area contributed by atoms with E-state index in [1.54, 1.807) is 24.3 Å². The van der Waals surface area contributed by atoms with E-state index in [9.17, 15) is 4.79 Å². The first kappa shape index (κ1) is 10.7. The maximum Gasteiger partial charge on any atom is 0.335 e. The first-order chi connectivity index (χ1) is 7.78. The van der Waals surface area contributed by atoms with Crippen molar-refractivity contribution in [3.05, 3.63) is 36.9 Å². The summed E-state index contributed by atoms with van der Waals surface area (Å²) in [6.07, 6.45) is 1.32. The molecule has 0 amide bonds. The van der Waals surface area contributed by atoms with Gasteiger partial charge in [0.05, 0.1) is 6.61 Å². The van der Waals surface area contributed by atoms with Gasteiger partial charge < -0.3 is 14.2 Å². The van der Waals surface area contributed by atoms with Crippen LogP contribution in [0.1, 0.15) is 0 Å². The van der Waals surface area contributed by atoms with Crippen LogP contribution >= 0.6 is 0 Å². The zero-order valence-electron chi connectivity index (χ0n) is 8.72. The minimum atomic E-state index is -0.484. The van der Waals surface area contributed by atoms with E-state index in [0.717, 1.165) is 12.7 Å². The van der Waals surface area contributed by atoms with Gasteiger partial charge in [-0.1, -0.05) is 12.6 Å². The third-order valence-corrected chi connectivity index (χ3v) is 2.03. The predicted octanol–water partition coefficient (Wildman–Crippen LogP) is 1.56. The molecule has 0 saturated carbocycles. The molecule has 0 bridgehead atoms. The maximum absolute atomic E-state index is 11.0. The van der Waals surface area contributed by atoms with E-state index in [1.807, 2.05) is 0 Å². The van der Waals surface area contributed by atoms with Crippen LogP contribution in [0.15, 0.2) is 36.9 Å². The van der Waals surface area contributed by atoms with Gasteiger partial charge in [-0.2, -0.15) is 0 Å². The van der Waals surface area contributed by atoms with Crippen LogP contribution in [0.25, 0.3) is 0 Å². The number of esters is 1. The van der Waals surface area contributed by atoms with Gasteiger partial charge in [0.2, 0.25) is 0 Å². The van der Waals surface area contributed by atoms with Crippen molar-refractivity contribution in [3.63, 3.8) is 0 Å². The first-order valence-corrected chi connectivity index (χ1v) is 4.96. The molecule has 1 aromatic rings. The lowest BCUT2D eigenvalue weighted by atomic mass is 10.3. The summed E-state index contributed by atoms with van der Waals surface area (Å²) in [6.45, 7) is 4.61. The maximum atomic E-state index is 11.0. The average molecular weight is 220 g/mol. The Hall–Kier alpha value is -1.81. The molecule has 1 unspecified atom stereocenters. The minimum absolute atomic E-state index is 0.208. The quantitative estimate of drug-likeness (QED) is 0.327. The van der Waals surface area contributed by atoms with E-state index < -0.39 is 5.97 Å². The van der Waals surface area contributed by atoms with E-state index in [2.05, 4.69) is 6.58 Å². The molecule has 16 heavy (non-hydrogen) atoms. The Morgan fingerprint density at radius 3 is 3.00 bits per heavy atom. The lowest BCUT2D eigenvalue weighted by Gasteiger charge is -2.06. The highest BCUT2D eigenvalue weighted by Crippen LogP contribution is 2.21. The molecule has 1 aliphatic rings. The second kappa shape index (κ2) is 4.81. The number of carbonyl (C=O) groups excluding carboxylic acids is 1. The summed E-state index contributed by atoms with van der Waals surface area (Å²) in [6, 6.07) is 6.90. The zero-order chi connectivity index (χ0) is 11.4. The summed E-state index contributed by atoms with van der Waals surface area (Å²) in [7, 11) is 0. The van der Waals surface area contributed by atoms with E-state index in [-0.39, 0.29) is 6.10 Å². The van der Waals surface area contributed by atoms with Crippen LogP contribution in [0.3, 0.4) is 0 Å². The third-order valence-electron chi connectivity index (χ3n) is 2.03. The van der Waals surface area contributed by atoms with E-state index in [0.29, 0.717) is 18.1 Å². The van der Waals surface area contributed by atoms with Crippen LogP contribution in [-0.4, -0.2) is 25.3 Å². The van der Waals surface area contributed by atoms with Crippen LogP contribution in [0.4, 0.5) is 0 Å². The summed E-state index contributed by atoms with van der Waals surface area (Å²) >= 11 is 0. The molecule has 1 aliphatic heterocycles. The van der Waals surface area contributed by atoms with E-state index >= 15 is 0 Å². The second-order valence-corrected chi connectivity index (χ2v) is 3.37. The van der Waals surface area contributed by atoms with Gasteiger partial charge in [0.25, 0.3) is 0 Å². The monoisotopic (exact) mass is 220 g/mol. The fraction of sp³-hybridized carbons (Fsp3) is 0.250. The number of hydrogen-bond donors (Lipinski definition) is 0. The predicted molar refractivity (Wildman–Crippen MR) is 57.5 cm³/mol. The Kier molecular flexibility index (Phi) is 3.22. The molecule has 84 valence electrons.